The van der Waals surface area contributed by atoms with Crippen molar-refractivity contribution >= 4 is 0 Å². The van der Waals surface area contributed by atoms with Crippen LogP contribution in [-0.2, 0) is 9.47 Å². The van der Waals surface area contributed by atoms with E-state index in [1.54, 1.807) is 13.2 Å². The first-order valence-corrected chi connectivity index (χ1v) is 5.38. The number of hydrogen-bond donors (Lipinski definition) is 0. The summed E-state index contributed by atoms with van der Waals surface area (Å²) in [5.41, 5.74) is 0. The molecule has 0 fully saturated rings. The van der Waals surface area contributed by atoms with Gasteiger partial charge in [-0.05, 0) is 12.3 Å². The van der Waals surface area contributed by atoms with Crippen LogP contribution in [0.4, 0.5) is 0 Å². The molecule has 0 rings (SSSR count). The summed E-state index contributed by atoms with van der Waals surface area (Å²) in [7, 11) is 1.75. The highest BCUT2D eigenvalue weighted by molar-refractivity contribution is 4.65. The zero-order valence-electron chi connectivity index (χ0n) is 9.79. The number of rotatable bonds is 9. The third kappa shape index (κ3) is 8.27. The predicted octanol–water partition coefficient (Wildman–Crippen LogP) is 2.89. The van der Waals surface area contributed by atoms with E-state index in [1.165, 1.54) is 12.8 Å². The Morgan fingerprint density at radius 2 is 1.93 bits per heavy atom. The molecular formula is C12H24O2. The van der Waals surface area contributed by atoms with Gasteiger partial charge in [0, 0.05) is 13.0 Å². The van der Waals surface area contributed by atoms with Crippen LogP contribution >= 0.6 is 0 Å². The molecule has 0 radical (unpaired) electrons. The standard InChI is InChI=1S/C12H24O2/c1-5-8-14-10-12(9-13-4)7-6-11(2)3/h5,11-12H,1,6-10H2,2-4H3/t12-/m0/s1. The van der Waals surface area contributed by atoms with Crippen molar-refractivity contribution in [2.75, 3.05) is 26.9 Å². The number of ether oxygens (including phenoxy) is 2. The van der Waals surface area contributed by atoms with E-state index in [0.717, 1.165) is 19.1 Å². The molecule has 0 aromatic heterocycles. The van der Waals surface area contributed by atoms with Crippen molar-refractivity contribution in [2.45, 2.75) is 26.7 Å². The molecule has 0 aliphatic carbocycles. The lowest BCUT2D eigenvalue weighted by Crippen LogP contribution is -2.16. The zero-order valence-corrected chi connectivity index (χ0v) is 9.79. The minimum Gasteiger partial charge on any atom is -0.384 e. The summed E-state index contributed by atoms with van der Waals surface area (Å²) in [4.78, 5) is 0. The molecule has 14 heavy (non-hydrogen) atoms. The third-order valence-electron chi connectivity index (χ3n) is 2.14. The molecule has 1 atom stereocenters. The summed E-state index contributed by atoms with van der Waals surface area (Å²) >= 11 is 0. The summed E-state index contributed by atoms with van der Waals surface area (Å²) in [6.07, 6.45) is 4.21. The fourth-order valence-electron chi connectivity index (χ4n) is 1.34. The van der Waals surface area contributed by atoms with E-state index in [2.05, 4.69) is 20.4 Å². The van der Waals surface area contributed by atoms with Gasteiger partial charge in [-0.25, -0.2) is 0 Å². The molecule has 2 heteroatoms. The molecule has 0 saturated heterocycles. The summed E-state index contributed by atoms with van der Waals surface area (Å²) in [5.74, 6) is 1.29. The van der Waals surface area contributed by atoms with Crippen LogP contribution in [0.5, 0.6) is 0 Å². The Kier molecular flexibility index (Phi) is 9.00. The second kappa shape index (κ2) is 9.22. The van der Waals surface area contributed by atoms with Gasteiger partial charge in [0.05, 0.1) is 19.8 Å². The van der Waals surface area contributed by atoms with Gasteiger partial charge in [-0.1, -0.05) is 26.3 Å². The predicted molar refractivity (Wildman–Crippen MR) is 60.5 cm³/mol. The Bertz CT molecular complexity index is 132. The fraction of sp³-hybridized carbons (Fsp3) is 0.833. The van der Waals surface area contributed by atoms with Gasteiger partial charge in [-0.15, -0.1) is 6.58 Å². The van der Waals surface area contributed by atoms with Crippen molar-refractivity contribution in [1.82, 2.24) is 0 Å². The lowest BCUT2D eigenvalue weighted by Gasteiger charge is -2.16. The van der Waals surface area contributed by atoms with Crippen LogP contribution in [0.1, 0.15) is 26.7 Å². The quantitative estimate of drug-likeness (QED) is 0.421. The van der Waals surface area contributed by atoms with Gasteiger partial charge in [-0.2, -0.15) is 0 Å². The van der Waals surface area contributed by atoms with Gasteiger partial charge in [0.1, 0.15) is 0 Å². The van der Waals surface area contributed by atoms with E-state index in [1.807, 2.05) is 0 Å². The maximum absolute atomic E-state index is 5.43. The Balaban J connectivity index is 3.59. The molecule has 0 aromatic carbocycles. The molecule has 0 aromatic rings. The van der Waals surface area contributed by atoms with Gasteiger partial charge >= 0.3 is 0 Å². The first kappa shape index (κ1) is 13.7. The zero-order chi connectivity index (χ0) is 10.8. The van der Waals surface area contributed by atoms with Crippen LogP contribution in [-0.4, -0.2) is 26.9 Å². The Morgan fingerprint density at radius 1 is 1.21 bits per heavy atom. The van der Waals surface area contributed by atoms with E-state index in [0.29, 0.717) is 12.5 Å². The average Bonchev–Trinajstić information content (AvgIpc) is 2.14. The molecule has 0 aliphatic rings. The molecule has 0 N–H and O–H groups in total. The topological polar surface area (TPSA) is 18.5 Å². The molecule has 0 saturated carbocycles. The molecule has 0 amide bonds. The monoisotopic (exact) mass is 200 g/mol. The van der Waals surface area contributed by atoms with Crippen LogP contribution in [0.25, 0.3) is 0 Å². The van der Waals surface area contributed by atoms with Crippen molar-refractivity contribution in [2.24, 2.45) is 11.8 Å². The summed E-state index contributed by atoms with van der Waals surface area (Å²) in [5, 5.41) is 0. The van der Waals surface area contributed by atoms with E-state index < -0.39 is 0 Å². The SMILES string of the molecule is C=CCOC[C@@H](CCC(C)C)COC. The lowest BCUT2D eigenvalue weighted by atomic mass is 9.99. The van der Waals surface area contributed by atoms with Gasteiger partial charge in [0.15, 0.2) is 0 Å². The normalized spacial score (nSPS) is 13.1. The highest BCUT2D eigenvalue weighted by atomic mass is 16.5. The van der Waals surface area contributed by atoms with Crippen molar-refractivity contribution in [3.05, 3.63) is 12.7 Å². The van der Waals surface area contributed by atoms with Gasteiger partial charge in [-0.3, -0.25) is 0 Å². The van der Waals surface area contributed by atoms with Gasteiger partial charge < -0.3 is 9.47 Å². The van der Waals surface area contributed by atoms with E-state index in [4.69, 9.17) is 9.47 Å². The van der Waals surface area contributed by atoms with E-state index >= 15 is 0 Å². The molecule has 0 bridgehead atoms. The summed E-state index contributed by atoms with van der Waals surface area (Å²) < 4.78 is 10.6. The first-order valence-electron chi connectivity index (χ1n) is 5.38. The van der Waals surface area contributed by atoms with Gasteiger partial charge in [0.2, 0.25) is 0 Å². The minimum absolute atomic E-state index is 0.530. The van der Waals surface area contributed by atoms with Crippen LogP contribution < -0.4 is 0 Å². The second-order valence-electron chi connectivity index (χ2n) is 4.12. The van der Waals surface area contributed by atoms with Crippen LogP contribution in [0, 0.1) is 11.8 Å². The summed E-state index contributed by atoms with van der Waals surface area (Å²) in [6.45, 7) is 10.3. The van der Waals surface area contributed by atoms with Crippen molar-refractivity contribution in [1.29, 1.82) is 0 Å². The maximum atomic E-state index is 5.43. The Labute approximate surface area is 88.3 Å². The van der Waals surface area contributed by atoms with Crippen molar-refractivity contribution < 1.29 is 9.47 Å². The summed E-state index contributed by atoms with van der Waals surface area (Å²) in [6, 6.07) is 0. The second-order valence-corrected chi connectivity index (χ2v) is 4.12. The maximum Gasteiger partial charge on any atom is 0.0644 e. The largest absolute Gasteiger partial charge is 0.384 e. The molecule has 0 unspecified atom stereocenters. The van der Waals surface area contributed by atoms with E-state index in [-0.39, 0.29) is 0 Å². The Morgan fingerprint density at radius 3 is 2.43 bits per heavy atom. The fourth-order valence-corrected chi connectivity index (χ4v) is 1.34. The molecule has 2 nitrogen and oxygen atoms in total. The smallest absolute Gasteiger partial charge is 0.0644 e. The molecule has 0 heterocycles. The highest BCUT2D eigenvalue weighted by Gasteiger charge is 2.09. The third-order valence-corrected chi connectivity index (χ3v) is 2.14. The van der Waals surface area contributed by atoms with Crippen LogP contribution in [0.15, 0.2) is 12.7 Å². The molecule has 0 spiro atoms. The molecule has 84 valence electrons. The van der Waals surface area contributed by atoms with Gasteiger partial charge in [0.25, 0.3) is 0 Å². The molecular weight excluding hydrogens is 176 g/mol. The average molecular weight is 200 g/mol. The van der Waals surface area contributed by atoms with Crippen molar-refractivity contribution in [3.63, 3.8) is 0 Å². The molecule has 0 aliphatic heterocycles. The Hall–Kier alpha value is -0.340. The lowest BCUT2D eigenvalue weighted by molar-refractivity contribution is 0.0641. The first-order chi connectivity index (χ1) is 6.70. The number of methoxy groups -OCH3 is 1. The number of hydrogen-bond acceptors (Lipinski definition) is 2. The van der Waals surface area contributed by atoms with Crippen LogP contribution in [0.2, 0.25) is 0 Å². The van der Waals surface area contributed by atoms with E-state index in [9.17, 15) is 0 Å². The van der Waals surface area contributed by atoms with Crippen LogP contribution in [0.3, 0.4) is 0 Å². The van der Waals surface area contributed by atoms with Crippen molar-refractivity contribution in [3.8, 4) is 0 Å². The minimum atomic E-state index is 0.530. The highest BCUT2D eigenvalue weighted by Crippen LogP contribution is 2.13.